The molecule has 24 heavy (non-hydrogen) atoms. The van der Waals surface area contributed by atoms with E-state index in [9.17, 15) is 14.4 Å². The normalized spacial score (nSPS) is 11.7. The number of amides is 1. The Morgan fingerprint density at radius 1 is 1.46 bits per heavy atom. The van der Waals surface area contributed by atoms with Crippen molar-refractivity contribution in [3.8, 4) is 0 Å². The van der Waals surface area contributed by atoms with Crippen molar-refractivity contribution in [3.63, 3.8) is 0 Å². The molecule has 8 nitrogen and oxygen atoms in total. The Hall–Kier alpha value is -2.33. The second-order valence-corrected chi connectivity index (χ2v) is 6.13. The largest absolute Gasteiger partial charge is 0.306 e. The van der Waals surface area contributed by atoms with E-state index in [1.54, 1.807) is 0 Å². The van der Waals surface area contributed by atoms with Crippen LogP contribution in [-0.4, -0.2) is 27.3 Å². The van der Waals surface area contributed by atoms with Gasteiger partial charge in [0, 0.05) is 6.42 Å². The lowest BCUT2D eigenvalue weighted by molar-refractivity contribution is -0.116. The van der Waals surface area contributed by atoms with Crippen LogP contribution in [0.25, 0.3) is 0 Å². The van der Waals surface area contributed by atoms with E-state index in [1.165, 1.54) is 18.2 Å². The lowest BCUT2D eigenvalue weighted by atomic mass is 10.1. The number of nitrogens with zero attached hydrogens (tertiary/aromatic N) is 3. The number of benzene rings is 1. The number of hydroxylamine groups is 1. The van der Waals surface area contributed by atoms with Crippen molar-refractivity contribution in [1.29, 1.82) is 0 Å². The molecule has 0 fully saturated rings. The molecule has 0 saturated heterocycles. The summed E-state index contributed by atoms with van der Waals surface area (Å²) in [6.07, 6.45) is 0.288. The molecule has 1 amide bonds. The van der Waals surface area contributed by atoms with Crippen LogP contribution in [0.4, 0.5) is 15.9 Å². The molecule has 1 aromatic heterocycles. The summed E-state index contributed by atoms with van der Waals surface area (Å²) in [5, 5.41) is 19.0. The van der Waals surface area contributed by atoms with Crippen LogP contribution < -0.4 is 10.8 Å². The van der Waals surface area contributed by atoms with Crippen molar-refractivity contribution in [1.82, 2.24) is 15.8 Å². The highest BCUT2D eigenvalue weighted by Gasteiger charge is 2.19. The number of rotatable bonds is 5. The maximum absolute atomic E-state index is 13.3. The first kappa shape index (κ1) is 18.0. The summed E-state index contributed by atoms with van der Waals surface area (Å²) in [6, 6.07) is 4.03. The molecule has 0 bridgehead atoms. The van der Waals surface area contributed by atoms with Gasteiger partial charge in [0.2, 0.25) is 11.7 Å². The number of aromatic nitrogens is 2. The maximum atomic E-state index is 13.3. The molecule has 0 spiro atoms. The Labute approximate surface area is 145 Å². The van der Waals surface area contributed by atoms with Crippen molar-refractivity contribution < 1.29 is 19.0 Å². The van der Waals surface area contributed by atoms with E-state index in [0.29, 0.717) is 5.69 Å². The van der Waals surface area contributed by atoms with Crippen LogP contribution in [-0.2, 0) is 4.79 Å². The third kappa shape index (κ3) is 4.59. The molecule has 0 unspecified atom stereocenters. The van der Waals surface area contributed by atoms with Gasteiger partial charge in [0.05, 0.1) is 10.2 Å². The fourth-order valence-corrected chi connectivity index (χ4v) is 2.16. The first-order valence-corrected chi connectivity index (χ1v) is 7.76. The molecule has 0 aliphatic rings. The summed E-state index contributed by atoms with van der Waals surface area (Å²) in [5.74, 6) is -0.660. The first-order chi connectivity index (χ1) is 11.4. The molecule has 3 N–H and O–H groups in total. The fraction of sp³-hybridized carbons (Fsp3) is 0.286. The predicted octanol–water partition coefficient (Wildman–Crippen LogP) is 3.01. The molecule has 2 rings (SSSR count). The summed E-state index contributed by atoms with van der Waals surface area (Å²) in [6.45, 7) is 3.80. The van der Waals surface area contributed by atoms with E-state index in [-0.39, 0.29) is 40.1 Å². The smallest absolute Gasteiger partial charge is 0.225 e. The minimum absolute atomic E-state index is 0.00931. The average molecular weight is 400 g/mol. The summed E-state index contributed by atoms with van der Waals surface area (Å²) < 4.78 is 18.1. The molecule has 128 valence electrons. The van der Waals surface area contributed by atoms with E-state index in [0.717, 1.165) is 0 Å². The number of amidine groups is 1. The standard InChI is InChI=1S/C14H15BrFN5O3/c1-7(2)5-11(22)18-14-12(20-24-21-14)13(19-23)17-8-3-4-10(16)9(15)6-8/h3-4,6-7,23H,5H2,1-2H3,(H,17,19)(H,18,21,22). The Bertz CT molecular complexity index is 763. The molecular formula is C14H15BrFN5O3. The number of aliphatic imine (C=N–C) groups is 1. The van der Waals surface area contributed by atoms with Gasteiger partial charge in [0.15, 0.2) is 11.5 Å². The lowest BCUT2D eigenvalue weighted by Gasteiger charge is -2.06. The Kier molecular flexibility index (Phi) is 5.99. The van der Waals surface area contributed by atoms with Crippen molar-refractivity contribution in [2.75, 3.05) is 5.32 Å². The Balaban J connectivity index is 2.28. The van der Waals surface area contributed by atoms with Gasteiger partial charge in [-0.3, -0.25) is 15.5 Å². The molecule has 10 heteroatoms. The van der Waals surface area contributed by atoms with Crippen LogP contribution in [0.15, 0.2) is 32.3 Å². The monoisotopic (exact) mass is 399 g/mol. The molecule has 0 atom stereocenters. The quantitative estimate of drug-likeness (QED) is 0.404. The zero-order valence-corrected chi connectivity index (χ0v) is 14.5. The van der Waals surface area contributed by atoms with Crippen LogP contribution in [0, 0.1) is 11.7 Å². The van der Waals surface area contributed by atoms with E-state index in [4.69, 9.17) is 0 Å². The number of hydrogen-bond acceptors (Lipinski definition) is 6. The summed E-state index contributed by atoms with van der Waals surface area (Å²) in [4.78, 5) is 15.9. The predicted molar refractivity (Wildman–Crippen MR) is 87.6 cm³/mol. The van der Waals surface area contributed by atoms with Gasteiger partial charge in [-0.2, -0.15) is 0 Å². The number of carbonyl (C=O) groups excluding carboxylic acids is 1. The maximum Gasteiger partial charge on any atom is 0.225 e. The van der Waals surface area contributed by atoms with Crippen molar-refractivity contribution >= 4 is 39.2 Å². The zero-order chi connectivity index (χ0) is 17.7. The van der Waals surface area contributed by atoms with Crippen LogP contribution in [0.1, 0.15) is 26.0 Å². The van der Waals surface area contributed by atoms with Crippen LogP contribution in [0.3, 0.4) is 0 Å². The number of halogens is 2. The highest BCUT2D eigenvalue weighted by molar-refractivity contribution is 9.10. The van der Waals surface area contributed by atoms with Gasteiger partial charge in [0.25, 0.3) is 0 Å². The molecule has 2 aromatic rings. The summed E-state index contributed by atoms with van der Waals surface area (Å²) in [5.41, 5.74) is 2.21. The fourth-order valence-electron chi connectivity index (χ4n) is 1.79. The number of nitrogens with one attached hydrogen (secondary N) is 2. The highest BCUT2D eigenvalue weighted by Crippen LogP contribution is 2.23. The van der Waals surface area contributed by atoms with E-state index >= 15 is 0 Å². The number of anilines is 1. The third-order valence-electron chi connectivity index (χ3n) is 2.81. The second kappa shape index (κ2) is 7.97. The average Bonchev–Trinajstić information content (AvgIpc) is 2.95. The van der Waals surface area contributed by atoms with Gasteiger partial charge >= 0.3 is 0 Å². The van der Waals surface area contributed by atoms with Crippen molar-refractivity contribution in [2.24, 2.45) is 10.9 Å². The van der Waals surface area contributed by atoms with Crippen molar-refractivity contribution in [3.05, 3.63) is 34.2 Å². The van der Waals surface area contributed by atoms with Gasteiger partial charge < -0.3 is 5.32 Å². The minimum atomic E-state index is -0.447. The molecule has 1 heterocycles. The van der Waals surface area contributed by atoms with E-state index in [1.807, 2.05) is 19.3 Å². The molecular weight excluding hydrogens is 385 g/mol. The lowest BCUT2D eigenvalue weighted by Crippen LogP contribution is -2.23. The Morgan fingerprint density at radius 2 is 2.21 bits per heavy atom. The second-order valence-electron chi connectivity index (χ2n) is 5.28. The number of carbonyl (C=O) groups is 1. The van der Waals surface area contributed by atoms with Gasteiger partial charge in [-0.25, -0.2) is 14.0 Å². The highest BCUT2D eigenvalue weighted by atomic mass is 79.9. The van der Waals surface area contributed by atoms with Gasteiger partial charge in [-0.15, -0.1) is 0 Å². The number of hydrogen-bond donors (Lipinski definition) is 3. The molecule has 0 aliphatic carbocycles. The van der Waals surface area contributed by atoms with Crippen LogP contribution in [0.2, 0.25) is 0 Å². The summed E-state index contributed by atoms with van der Waals surface area (Å²) in [7, 11) is 0. The molecule has 0 aliphatic heterocycles. The van der Waals surface area contributed by atoms with Crippen molar-refractivity contribution in [2.45, 2.75) is 20.3 Å². The van der Waals surface area contributed by atoms with E-state index < -0.39 is 5.82 Å². The van der Waals surface area contributed by atoms with E-state index in [2.05, 4.69) is 41.2 Å². The van der Waals surface area contributed by atoms with Crippen LogP contribution >= 0.6 is 15.9 Å². The SMILES string of the molecule is CC(C)CC(=O)Nc1nonc1C(=Nc1ccc(F)c(Br)c1)NO. The van der Waals surface area contributed by atoms with Gasteiger partial charge in [-0.1, -0.05) is 13.8 Å². The van der Waals surface area contributed by atoms with Gasteiger partial charge in [0.1, 0.15) is 5.82 Å². The van der Waals surface area contributed by atoms with Gasteiger partial charge in [-0.05, 0) is 50.4 Å². The Morgan fingerprint density at radius 3 is 2.83 bits per heavy atom. The topological polar surface area (TPSA) is 113 Å². The third-order valence-corrected chi connectivity index (χ3v) is 3.42. The first-order valence-electron chi connectivity index (χ1n) is 6.97. The molecule has 0 radical (unpaired) electrons. The summed E-state index contributed by atoms with van der Waals surface area (Å²) >= 11 is 3.05. The zero-order valence-electron chi connectivity index (χ0n) is 12.9. The minimum Gasteiger partial charge on any atom is -0.306 e. The molecule has 0 saturated carbocycles. The molecule has 1 aromatic carbocycles. The van der Waals surface area contributed by atoms with Crippen LogP contribution in [0.5, 0.6) is 0 Å².